The summed E-state index contributed by atoms with van der Waals surface area (Å²) in [5.41, 5.74) is 3.72. The van der Waals surface area contributed by atoms with Crippen LogP contribution < -0.4 is 5.63 Å². The number of hydrogen-bond acceptors (Lipinski definition) is 5. The molecule has 0 atom stereocenters. The summed E-state index contributed by atoms with van der Waals surface area (Å²) in [6.07, 6.45) is 0.594. The lowest BCUT2D eigenvalue weighted by Crippen LogP contribution is -2.50. The molecule has 2 heterocycles. The van der Waals surface area contributed by atoms with E-state index in [9.17, 15) is 14.7 Å². The molecule has 6 heteroatoms. The molecule has 4 aromatic rings. The van der Waals surface area contributed by atoms with Gasteiger partial charge in [0, 0.05) is 49.6 Å². The minimum atomic E-state index is -0.447. The maximum absolute atomic E-state index is 13.1. The Morgan fingerprint density at radius 1 is 0.917 bits per heavy atom. The van der Waals surface area contributed by atoms with Crippen LogP contribution >= 0.6 is 0 Å². The molecule has 0 bridgehead atoms. The number of fused-ring (bicyclic) bond motifs is 1. The van der Waals surface area contributed by atoms with Crippen LogP contribution in [0.4, 0.5) is 0 Å². The zero-order valence-corrected chi connectivity index (χ0v) is 20.4. The van der Waals surface area contributed by atoms with Gasteiger partial charge in [0.1, 0.15) is 11.3 Å². The summed E-state index contributed by atoms with van der Waals surface area (Å²) in [5, 5.41) is 10.4. The molecule has 1 aliphatic heterocycles. The lowest BCUT2D eigenvalue weighted by Gasteiger charge is -2.40. The smallest absolute Gasteiger partial charge is 0.339 e. The molecule has 1 aromatic heterocycles. The fourth-order valence-electron chi connectivity index (χ4n) is 5.18. The summed E-state index contributed by atoms with van der Waals surface area (Å²) < 4.78 is 5.41. The van der Waals surface area contributed by atoms with Crippen molar-refractivity contribution in [3.8, 4) is 5.75 Å². The molecule has 1 fully saturated rings. The summed E-state index contributed by atoms with van der Waals surface area (Å²) in [7, 11) is 0. The Labute approximate surface area is 210 Å². The van der Waals surface area contributed by atoms with E-state index in [4.69, 9.17) is 4.42 Å². The van der Waals surface area contributed by atoms with Gasteiger partial charge >= 0.3 is 5.63 Å². The van der Waals surface area contributed by atoms with Gasteiger partial charge in [-0.15, -0.1) is 0 Å². The van der Waals surface area contributed by atoms with Gasteiger partial charge in [-0.25, -0.2) is 4.79 Å². The largest absolute Gasteiger partial charge is 0.508 e. The van der Waals surface area contributed by atoms with Crippen LogP contribution in [0.5, 0.6) is 5.75 Å². The lowest BCUT2D eigenvalue weighted by atomic mass is 9.96. The Morgan fingerprint density at radius 3 is 2.14 bits per heavy atom. The average Bonchev–Trinajstić information content (AvgIpc) is 2.90. The Morgan fingerprint density at radius 2 is 1.53 bits per heavy atom. The van der Waals surface area contributed by atoms with Crippen LogP contribution in [0.15, 0.2) is 88.1 Å². The van der Waals surface area contributed by atoms with Crippen molar-refractivity contribution in [3.05, 3.63) is 112 Å². The lowest BCUT2D eigenvalue weighted by molar-refractivity contribution is -0.133. The van der Waals surface area contributed by atoms with Crippen LogP contribution in [0.1, 0.15) is 34.7 Å². The summed E-state index contributed by atoms with van der Waals surface area (Å²) >= 11 is 0. The highest BCUT2D eigenvalue weighted by Gasteiger charge is 2.28. The molecule has 6 nitrogen and oxygen atoms in total. The zero-order chi connectivity index (χ0) is 25.1. The minimum Gasteiger partial charge on any atom is -0.508 e. The van der Waals surface area contributed by atoms with Crippen molar-refractivity contribution < 1.29 is 14.3 Å². The SMILES string of the molecule is Cc1c(CCC(=O)N2CCN(C(c3ccccc3)c3ccccc3)CC2)c(=O)oc2cc(O)ccc12. The Hall–Kier alpha value is -3.90. The number of carbonyl (C=O) groups is 1. The van der Waals surface area contributed by atoms with E-state index in [1.54, 1.807) is 12.1 Å². The molecular weight excluding hydrogens is 452 g/mol. The van der Waals surface area contributed by atoms with Crippen LogP contribution in [0.2, 0.25) is 0 Å². The molecule has 0 aliphatic carbocycles. The van der Waals surface area contributed by atoms with Gasteiger partial charge in [-0.1, -0.05) is 60.7 Å². The average molecular weight is 483 g/mol. The second kappa shape index (κ2) is 10.4. The maximum Gasteiger partial charge on any atom is 0.339 e. The fraction of sp³-hybridized carbons (Fsp3) is 0.267. The molecule has 1 N–H and O–H groups in total. The van der Waals surface area contributed by atoms with E-state index < -0.39 is 5.63 Å². The molecule has 5 rings (SSSR count). The fourth-order valence-corrected chi connectivity index (χ4v) is 5.18. The third kappa shape index (κ3) is 4.90. The number of phenolic OH excluding ortho intramolecular Hbond substituents is 1. The van der Waals surface area contributed by atoms with Crippen molar-refractivity contribution in [1.29, 1.82) is 0 Å². The number of phenols is 1. The van der Waals surface area contributed by atoms with Crippen molar-refractivity contribution in [2.45, 2.75) is 25.8 Å². The van der Waals surface area contributed by atoms with Gasteiger partial charge in [-0.3, -0.25) is 9.69 Å². The first-order chi connectivity index (χ1) is 17.5. The number of carbonyl (C=O) groups excluding carboxylic acids is 1. The van der Waals surface area contributed by atoms with Crippen molar-refractivity contribution in [2.24, 2.45) is 0 Å². The molecule has 0 spiro atoms. The third-order valence-corrected chi connectivity index (χ3v) is 7.12. The van der Waals surface area contributed by atoms with Gasteiger partial charge in [0.25, 0.3) is 0 Å². The summed E-state index contributed by atoms with van der Waals surface area (Å²) in [4.78, 5) is 30.0. The number of hydrogen-bond donors (Lipinski definition) is 1. The minimum absolute atomic E-state index is 0.0499. The van der Waals surface area contributed by atoms with E-state index in [0.717, 1.165) is 24.0 Å². The van der Waals surface area contributed by atoms with Crippen LogP contribution in [-0.2, 0) is 11.2 Å². The number of benzene rings is 3. The molecular formula is C30H30N2O4. The predicted molar refractivity (Wildman–Crippen MR) is 140 cm³/mol. The Bertz CT molecular complexity index is 1370. The van der Waals surface area contributed by atoms with Gasteiger partial charge in [0.15, 0.2) is 0 Å². The molecule has 0 saturated carbocycles. The van der Waals surface area contributed by atoms with E-state index in [0.29, 0.717) is 30.7 Å². The highest BCUT2D eigenvalue weighted by molar-refractivity contribution is 5.82. The van der Waals surface area contributed by atoms with E-state index in [1.165, 1.54) is 17.2 Å². The van der Waals surface area contributed by atoms with Gasteiger partial charge in [0.2, 0.25) is 5.91 Å². The standard InChI is InChI=1S/C30H30N2O4/c1-21-25-13-12-24(33)20-27(25)36-30(35)26(21)14-15-28(34)31-16-18-32(19-17-31)29(22-8-4-2-5-9-22)23-10-6-3-7-11-23/h2-13,20,29,33H,14-19H2,1H3. The first kappa shape index (κ1) is 23.8. The summed E-state index contributed by atoms with van der Waals surface area (Å²) in [6, 6.07) is 25.9. The topological polar surface area (TPSA) is 74.0 Å². The molecule has 3 aromatic carbocycles. The second-order valence-corrected chi connectivity index (χ2v) is 9.31. The first-order valence-corrected chi connectivity index (χ1v) is 12.4. The van der Waals surface area contributed by atoms with Crippen molar-refractivity contribution >= 4 is 16.9 Å². The van der Waals surface area contributed by atoms with Crippen LogP contribution in [0.25, 0.3) is 11.0 Å². The number of aromatic hydroxyl groups is 1. The first-order valence-electron chi connectivity index (χ1n) is 12.4. The van der Waals surface area contributed by atoms with Crippen LogP contribution in [-0.4, -0.2) is 47.0 Å². The number of rotatable bonds is 6. The normalized spacial score (nSPS) is 14.4. The number of amides is 1. The van der Waals surface area contributed by atoms with E-state index in [1.807, 2.05) is 24.0 Å². The number of aryl methyl sites for hydroxylation is 1. The van der Waals surface area contributed by atoms with E-state index >= 15 is 0 Å². The zero-order valence-electron chi connectivity index (χ0n) is 20.4. The van der Waals surface area contributed by atoms with Crippen LogP contribution in [0.3, 0.4) is 0 Å². The quantitative estimate of drug-likeness (QED) is 0.404. The van der Waals surface area contributed by atoms with E-state index in [2.05, 4.69) is 53.4 Å². The van der Waals surface area contributed by atoms with E-state index in [-0.39, 0.29) is 24.1 Å². The molecule has 1 saturated heterocycles. The van der Waals surface area contributed by atoms with Crippen molar-refractivity contribution in [1.82, 2.24) is 9.80 Å². The molecule has 184 valence electrons. The van der Waals surface area contributed by atoms with Crippen molar-refractivity contribution in [3.63, 3.8) is 0 Å². The summed E-state index contributed by atoms with van der Waals surface area (Å²) in [6.45, 7) is 4.73. The third-order valence-electron chi connectivity index (χ3n) is 7.12. The van der Waals surface area contributed by atoms with Gasteiger partial charge in [0.05, 0.1) is 6.04 Å². The molecule has 36 heavy (non-hydrogen) atoms. The van der Waals surface area contributed by atoms with Crippen molar-refractivity contribution in [2.75, 3.05) is 26.2 Å². The number of nitrogens with zero attached hydrogens (tertiary/aromatic N) is 2. The maximum atomic E-state index is 13.1. The molecule has 0 radical (unpaired) electrons. The Kier molecular flexibility index (Phi) is 6.87. The summed E-state index contributed by atoms with van der Waals surface area (Å²) in [5.74, 6) is 0.101. The molecule has 0 unspecified atom stereocenters. The monoisotopic (exact) mass is 482 g/mol. The highest BCUT2D eigenvalue weighted by atomic mass is 16.4. The molecule has 1 aliphatic rings. The Balaban J connectivity index is 1.25. The molecule has 1 amide bonds. The highest BCUT2D eigenvalue weighted by Crippen LogP contribution is 2.30. The number of piperazine rings is 1. The van der Waals surface area contributed by atoms with Crippen LogP contribution in [0, 0.1) is 6.92 Å². The van der Waals surface area contributed by atoms with Gasteiger partial charge in [-0.2, -0.15) is 0 Å². The van der Waals surface area contributed by atoms with Gasteiger partial charge in [-0.05, 0) is 42.2 Å². The second-order valence-electron chi connectivity index (χ2n) is 9.31. The predicted octanol–water partition coefficient (Wildman–Crippen LogP) is 4.67. The van der Waals surface area contributed by atoms with Gasteiger partial charge < -0.3 is 14.4 Å².